The van der Waals surface area contributed by atoms with Gasteiger partial charge in [-0.1, -0.05) is 29.8 Å². The summed E-state index contributed by atoms with van der Waals surface area (Å²) in [5.41, 5.74) is 3.14. The van der Waals surface area contributed by atoms with Crippen LogP contribution in [0.1, 0.15) is 29.4 Å². The Morgan fingerprint density at radius 1 is 1.27 bits per heavy atom. The van der Waals surface area contributed by atoms with E-state index in [0.29, 0.717) is 17.9 Å². The highest BCUT2D eigenvalue weighted by atomic mass is 16.4. The molecule has 0 bridgehead atoms. The fraction of sp³-hybridized carbons (Fsp3) is 0.312. The second-order valence-electron chi connectivity index (χ2n) is 5.06. The molecule has 1 heterocycles. The summed E-state index contributed by atoms with van der Waals surface area (Å²) in [6.45, 7) is 4.45. The van der Waals surface area contributed by atoms with Gasteiger partial charge < -0.3 is 10.0 Å². The van der Waals surface area contributed by atoms with Crippen LogP contribution in [0.5, 0.6) is 0 Å². The quantitative estimate of drug-likeness (QED) is 0.857. The van der Waals surface area contributed by atoms with E-state index in [1.54, 1.807) is 6.07 Å². The lowest BCUT2D eigenvalue weighted by Crippen LogP contribution is -2.33. The summed E-state index contributed by atoms with van der Waals surface area (Å²) in [7, 11) is 0. The van der Waals surface area contributed by atoms with Crippen molar-refractivity contribution in [2.24, 2.45) is 0 Å². The third-order valence-electron chi connectivity index (χ3n) is 3.42. The van der Waals surface area contributed by atoms with Gasteiger partial charge >= 0.3 is 5.97 Å². The highest BCUT2D eigenvalue weighted by Gasteiger charge is 2.18. The second-order valence-corrected chi connectivity index (χ2v) is 5.06. The van der Waals surface area contributed by atoms with E-state index in [1.165, 1.54) is 4.90 Å². The molecule has 116 valence electrons. The first-order valence-electron chi connectivity index (χ1n) is 7.14. The number of rotatable bonds is 6. The van der Waals surface area contributed by atoms with Crippen molar-refractivity contribution in [3.63, 3.8) is 0 Å². The van der Waals surface area contributed by atoms with Crippen molar-refractivity contribution in [3.05, 3.63) is 41.6 Å². The Hall–Kier alpha value is -2.63. The lowest BCUT2D eigenvalue weighted by molar-refractivity contribution is -0.137. The van der Waals surface area contributed by atoms with Crippen molar-refractivity contribution in [2.75, 3.05) is 13.1 Å². The van der Waals surface area contributed by atoms with Gasteiger partial charge in [0, 0.05) is 18.7 Å². The van der Waals surface area contributed by atoms with Gasteiger partial charge in [0.25, 0.3) is 5.91 Å². The number of carbonyl (C=O) groups is 2. The number of aliphatic carboxylic acids is 1. The number of aromatic amines is 1. The van der Waals surface area contributed by atoms with Crippen LogP contribution >= 0.6 is 0 Å². The van der Waals surface area contributed by atoms with E-state index in [-0.39, 0.29) is 18.9 Å². The average molecular weight is 301 g/mol. The molecular formula is C16H19N3O3. The second kappa shape index (κ2) is 6.89. The van der Waals surface area contributed by atoms with Crippen molar-refractivity contribution in [1.82, 2.24) is 15.1 Å². The predicted octanol–water partition coefficient (Wildman–Crippen LogP) is 2.32. The van der Waals surface area contributed by atoms with Gasteiger partial charge in [-0.25, -0.2) is 0 Å². The fourth-order valence-corrected chi connectivity index (χ4v) is 2.11. The highest BCUT2D eigenvalue weighted by Crippen LogP contribution is 2.18. The molecule has 0 spiro atoms. The number of carboxylic acids is 1. The molecule has 0 radical (unpaired) electrons. The van der Waals surface area contributed by atoms with E-state index in [2.05, 4.69) is 10.2 Å². The van der Waals surface area contributed by atoms with Crippen LogP contribution in [-0.2, 0) is 4.79 Å². The summed E-state index contributed by atoms with van der Waals surface area (Å²) < 4.78 is 0. The van der Waals surface area contributed by atoms with Crippen LogP contribution in [-0.4, -0.2) is 45.2 Å². The van der Waals surface area contributed by atoms with Crippen molar-refractivity contribution < 1.29 is 14.7 Å². The monoisotopic (exact) mass is 301 g/mol. The summed E-state index contributed by atoms with van der Waals surface area (Å²) in [6, 6.07) is 9.55. The summed E-state index contributed by atoms with van der Waals surface area (Å²) in [5, 5.41) is 15.6. The van der Waals surface area contributed by atoms with Crippen LogP contribution in [0.2, 0.25) is 0 Å². The SMILES string of the molecule is CCN(CCC(=O)O)C(=O)c1cc(-c2ccc(C)cc2)n[nH]1. The number of aryl methyl sites for hydroxylation is 1. The van der Waals surface area contributed by atoms with Gasteiger partial charge in [-0.2, -0.15) is 5.10 Å². The largest absolute Gasteiger partial charge is 0.481 e. The van der Waals surface area contributed by atoms with Crippen molar-refractivity contribution in [1.29, 1.82) is 0 Å². The first-order chi connectivity index (χ1) is 10.5. The Kier molecular flexibility index (Phi) is 4.93. The van der Waals surface area contributed by atoms with Crippen LogP contribution in [0, 0.1) is 6.92 Å². The number of carbonyl (C=O) groups excluding carboxylic acids is 1. The molecule has 6 nitrogen and oxygen atoms in total. The number of nitrogens with one attached hydrogen (secondary N) is 1. The number of amides is 1. The average Bonchev–Trinajstić information content (AvgIpc) is 2.98. The molecule has 6 heteroatoms. The smallest absolute Gasteiger partial charge is 0.305 e. The molecule has 2 N–H and O–H groups in total. The van der Waals surface area contributed by atoms with Crippen molar-refractivity contribution >= 4 is 11.9 Å². The molecule has 0 aliphatic heterocycles. The number of hydrogen-bond donors (Lipinski definition) is 2. The Morgan fingerprint density at radius 3 is 2.55 bits per heavy atom. The topological polar surface area (TPSA) is 86.3 Å². The highest BCUT2D eigenvalue weighted by molar-refractivity contribution is 5.93. The molecule has 0 atom stereocenters. The zero-order valence-electron chi connectivity index (χ0n) is 12.7. The minimum atomic E-state index is -0.920. The maximum Gasteiger partial charge on any atom is 0.305 e. The van der Waals surface area contributed by atoms with Gasteiger partial charge in [-0.15, -0.1) is 0 Å². The van der Waals surface area contributed by atoms with Crippen LogP contribution in [0.4, 0.5) is 0 Å². The standard InChI is InChI=1S/C16H19N3O3/c1-3-19(9-8-15(20)21)16(22)14-10-13(17-18-14)12-6-4-11(2)5-7-12/h4-7,10H,3,8-9H2,1-2H3,(H,17,18)(H,20,21). The van der Waals surface area contributed by atoms with Crippen LogP contribution in [0.3, 0.4) is 0 Å². The minimum absolute atomic E-state index is 0.0709. The molecule has 1 amide bonds. The summed E-state index contributed by atoms with van der Waals surface area (Å²) >= 11 is 0. The number of hydrogen-bond acceptors (Lipinski definition) is 3. The predicted molar refractivity (Wildman–Crippen MR) is 82.6 cm³/mol. The Balaban J connectivity index is 2.14. The molecular weight excluding hydrogens is 282 g/mol. The van der Waals surface area contributed by atoms with Crippen molar-refractivity contribution in [2.45, 2.75) is 20.3 Å². The van der Waals surface area contributed by atoms with E-state index in [1.807, 2.05) is 38.1 Å². The normalized spacial score (nSPS) is 10.5. The van der Waals surface area contributed by atoms with Gasteiger partial charge in [-0.05, 0) is 19.9 Å². The zero-order valence-corrected chi connectivity index (χ0v) is 12.7. The van der Waals surface area contributed by atoms with E-state index in [0.717, 1.165) is 11.1 Å². The molecule has 0 aliphatic carbocycles. The van der Waals surface area contributed by atoms with E-state index >= 15 is 0 Å². The summed E-state index contributed by atoms with van der Waals surface area (Å²) in [4.78, 5) is 24.5. The van der Waals surface area contributed by atoms with Crippen LogP contribution in [0.25, 0.3) is 11.3 Å². The first kappa shape index (κ1) is 15.8. The maximum absolute atomic E-state index is 12.3. The molecule has 1 aromatic carbocycles. The maximum atomic E-state index is 12.3. The molecule has 0 saturated carbocycles. The number of carboxylic acid groups (broad SMARTS) is 1. The van der Waals surface area contributed by atoms with Crippen molar-refractivity contribution in [3.8, 4) is 11.3 Å². The van der Waals surface area contributed by atoms with Gasteiger partial charge in [0.2, 0.25) is 0 Å². The number of benzene rings is 1. The van der Waals surface area contributed by atoms with Gasteiger partial charge in [-0.3, -0.25) is 14.7 Å². The molecule has 22 heavy (non-hydrogen) atoms. The summed E-state index contributed by atoms with van der Waals surface area (Å²) in [5.74, 6) is -1.16. The lowest BCUT2D eigenvalue weighted by Gasteiger charge is -2.18. The molecule has 0 saturated heterocycles. The third kappa shape index (κ3) is 3.72. The Morgan fingerprint density at radius 2 is 1.95 bits per heavy atom. The van der Waals surface area contributed by atoms with Gasteiger partial charge in [0.15, 0.2) is 0 Å². The molecule has 0 aliphatic rings. The van der Waals surface area contributed by atoms with Crippen LogP contribution in [0.15, 0.2) is 30.3 Å². The number of H-pyrrole nitrogens is 1. The molecule has 2 aromatic rings. The zero-order chi connectivity index (χ0) is 16.1. The van der Waals surface area contributed by atoms with Gasteiger partial charge in [0.05, 0.1) is 12.1 Å². The molecule has 1 aromatic heterocycles. The van der Waals surface area contributed by atoms with Gasteiger partial charge in [0.1, 0.15) is 5.69 Å². The number of nitrogens with zero attached hydrogens (tertiary/aromatic N) is 2. The first-order valence-corrected chi connectivity index (χ1v) is 7.14. The molecule has 0 fully saturated rings. The van der Waals surface area contributed by atoms with E-state index in [4.69, 9.17) is 5.11 Å². The van der Waals surface area contributed by atoms with Crippen LogP contribution < -0.4 is 0 Å². The summed E-state index contributed by atoms with van der Waals surface area (Å²) in [6.07, 6.45) is -0.0709. The Bertz CT molecular complexity index is 662. The number of aromatic nitrogens is 2. The minimum Gasteiger partial charge on any atom is -0.481 e. The third-order valence-corrected chi connectivity index (χ3v) is 3.42. The Labute approximate surface area is 128 Å². The molecule has 0 unspecified atom stereocenters. The fourth-order valence-electron chi connectivity index (χ4n) is 2.11. The molecule has 2 rings (SSSR count). The van der Waals surface area contributed by atoms with E-state index in [9.17, 15) is 9.59 Å². The lowest BCUT2D eigenvalue weighted by atomic mass is 10.1. The van der Waals surface area contributed by atoms with E-state index < -0.39 is 5.97 Å².